The quantitative estimate of drug-likeness (QED) is 0.845. The highest BCUT2D eigenvalue weighted by Crippen LogP contribution is 2.33. The summed E-state index contributed by atoms with van der Waals surface area (Å²) >= 11 is 3.42. The van der Waals surface area contributed by atoms with Crippen molar-refractivity contribution in [3.63, 3.8) is 0 Å². The summed E-state index contributed by atoms with van der Waals surface area (Å²) in [5.74, 6) is -0.302. The van der Waals surface area contributed by atoms with Gasteiger partial charge in [0.15, 0.2) is 0 Å². The summed E-state index contributed by atoms with van der Waals surface area (Å²) in [4.78, 5) is 22.3. The second-order valence-electron chi connectivity index (χ2n) is 4.97. The molecule has 0 saturated heterocycles. The van der Waals surface area contributed by atoms with Crippen LogP contribution in [0.1, 0.15) is 26.3 Å². The van der Waals surface area contributed by atoms with Crippen molar-refractivity contribution in [2.75, 3.05) is 13.7 Å². The SMILES string of the molecule is COc1ccc(Br)cc1C(C)(C)CNC(=O)C(C)=O. The largest absolute Gasteiger partial charge is 0.496 e. The van der Waals surface area contributed by atoms with Crippen LogP contribution in [0.25, 0.3) is 0 Å². The monoisotopic (exact) mass is 327 g/mol. The second-order valence-corrected chi connectivity index (χ2v) is 5.88. The molecule has 0 aliphatic heterocycles. The van der Waals surface area contributed by atoms with Gasteiger partial charge < -0.3 is 10.1 Å². The zero-order chi connectivity index (χ0) is 14.6. The lowest BCUT2D eigenvalue weighted by atomic mass is 9.84. The van der Waals surface area contributed by atoms with Crippen molar-refractivity contribution in [1.82, 2.24) is 5.32 Å². The van der Waals surface area contributed by atoms with E-state index in [1.54, 1.807) is 7.11 Å². The van der Waals surface area contributed by atoms with Gasteiger partial charge in [-0.25, -0.2) is 0 Å². The van der Waals surface area contributed by atoms with Crippen LogP contribution in [0.2, 0.25) is 0 Å². The van der Waals surface area contributed by atoms with Crippen molar-refractivity contribution in [3.8, 4) is 5.75 Å². The molecule has 0 atom stereocenters. The fourth-order valence-corrected chi connectivity index (χ4v) is 2.09. The van der Waals surface area contributed by atoms with Crippen LogP contribution in [-0.2, 0) is 15.0 Å². The van der Waals surface area contributed by atoms with Gasteiger partial charge in [-0.15, -0.1) is 0 Å². The van der Waals surface area contributed by atoms with E-state index in [-0.39, 0.29) is 5.41 Å². The lowest BCUT2D eigenvalue weighted by molar-refractivity contribution is -0.136. The average Bonchev–Trinajstić information content (AvgIpc) is 2.35. The van der Waals surface area contributed by atoms with Crippen molar-refractivity contribution >= 4 is 27.6 Å². The fraction of sp³-hybridized carbons (Fsp3) is 0.429. The summed E-state index contributed by atoms with van der Waals surface area (Å²) in [7, 11) is 1.61. The minimum absolute atomic E-state index is 0.347. The Labute approximate surface area is 121 Å². The number of carbonyl (C=O) groups excluding carboxylic acids is 2. The topological polar surface area (TPSA) is 55.4 Å². The number of halogens is 1. The molecule has 5 heteroatoms. The van der Waals surface area contributed by atoms with Crippen LogP contribution in [0.4, 0.5) is 0 Å². The number of ketones is 1. The zero-order valence-electron chi connectivity index (χ0n) is 11.5. The Bertz CT molecular complexity index is 497. The number of rotatable bonds is 5. The first-order chi connectivity index (χ1) is 8.77. The van der Waals surface area contributed by atoms with E-state index >= 15 is 0 Å². The number of amides is 1. The zero-order valence-corrected chi connectivity index (χ0v) is 13.1. The molecule has 0 bridgehead atoms. The predicted octanol–water partition coefficient (Wildman–Crippen LogP) is 2.44. The third-order valence-electron chi connectivity index (χ3n) is 2.90. The Morgan fingerprint density at radius 3 is 2.53 bits per heavy atom. The van der Waals surface area contributed by atoms with E-state index in [2.05, 4.69) is 21.2 Å². The van der Waals surface area contributed by atoms with Gasteiger partial charge in [-0.3, -0.25) is 9.59 Å². The summed E-state index contributed by atoms with van der Waals surface area (Å²) in [6.45, 7) is 5.58. The van der Waals surface area contributed by atoms with E-state index in [4.69, 9.17) is 4.74 Å². The maximum Gasteiger partial charge on any atom is 0.287 e. The summed E-state index contributed by atoms with van der Waals surface area (Å²) in [6, 6.07) is 5.72. The van der Waals surface area contributed by atoms with Crippen molar-refractivity contribution in [2.24, 2.45) is 0 Å². The second kappa shape index (κ2) is 6.19. The molecule has 0 radical (unpaired) electrons. The van der Waals surface area contributed by atoms with Crippen LogP contribution in [0.3, 0.4) is 0 Å². The van der Waals surface area contributed by atoms with E-state index in [0.29, 0.717) is 6.54 Å². The molecule has 0 aromatic heterocycles. The maximum atomic E-state index is 11.3. The van der Waals surface area contributed by atoms with Crippen LogP contribution >= 0.6 is 15.9 Å². The first-order valence-electron chi connectivity index (χ1n) is 5.90. The molecule has 19 heavy (non-hydrogen) atoms. The highest BCUT2D eigenvalue weighted by atomic mass is 79.9. The number of Topliss-reactive ketones (excluding diaryl/α,β-unsaturated/α-hetero) is 1. The number of nitrogens with one attached hydrogen (secondary N) is 1. The smallest absolute Gasteiger partial charge is 0.287 e. The molecule has 1 rings (SSSR count). The van der Waals surface area contributed by atoms with Gasteiger partial charge in [0.25, 0.3) is 5.91 Å². The van der Waals surface area contributed by atoms with E-state index in [9.17, 15) is 9.59 Å². The Hall–Kier alpha value is -1.36. The fourth-order valence-electron chi connectivity index (χ4n) is 1.73. The summed E-state index contributed by atoms with van der Waals surface area (Å²) in [6.07, 6.45) is 0. The predicted molar refractivity (Wildman–Crippen MR) is 77.4 cm³/mol. The van der Waals surface area contributed by atoms with E-state index in [1.165, 1.54) is 6.92 Å². The van der Waals surface area contributed by atoms with Crippen LogP contribution < -0.4 is 10.1 Å². The molecule has 0 unspecified atom stereocenters. The molecule has 0 aliphatic rings. The maximum absolute atomic E-state index is 11.3. The first kappa shape index (κ1) is 15.7. The van der Waals surface area contributed by atoms with Crippen molar-refractivity contribution in [1.29, 1.82) is 0 Å². The first-order valence-corrected chi connectivity index (χ1v) is 6.70. The molecule has 1 amide bonds. The van der Waals surface area contributed by atoms with Gasteiger partial charge in [-0.05, 0) is 18.2 Å². The molecule has 1 N–H and O–H groups in total. The molecule has 0 saturated carbocycles. The van der Waals surface area contributed by atoms with E-state index in [1.807, 2.05) is 32.0 Å². The third-order valence-corrected chi connectivity index (χ3v) is 3.39. The van der Waals surface area contributed by atoms with Gasteiger partial charge >= 0.3 is 0 Å². The summed E-state index contributed by atoms with van der Waals surface area (Å²) < 4.78 is 6.28. The summed E-state index contributed by atoms with van der Waals surface area (Å²) in [5.41, 5.74) is 0.619. The number of hydrogen-bond acceptors (Lipinski definition) is 3. The highest BCUT2D eigenvalue weighted by Gasteiger charge is 2.26. The van der Waals surface area contributed by atoms with Gasteiger partial charge in [-0.2, -0.15) is 0 Å². The van der Waals surface area contributed by atoms with E-state index in [0.717, 1.165) is 15.8 Å². The van der Waals surface area contributed by atoms with Gasteiger partial charge in [-0.1, -0.05) is 29.8 Å². The van der Waals surface area contributed by atoms with Crippen molar-refractivity contribution < 1.29 is 14.3 Å². The van der Waals surface area contributed by atoms with Gasteiger partial charge in [0.2, 0.25) is 5.78 Å². The van der Waals surface area contributed by atoms with Crippen molar-refractivity contribution in [2.45, 2.75) is 26.2 Å². The lowest BCUT2D eigenvalue weighted by Gasteiger charge is -2.27. The van der Waals surface area contributed by atoms with Gasteiger partial charge in [0.05, 0.1) is 7.11 Å². The number of hydrogen-bond donors (Lipinski definition) is 1. The normalized spacial score (nSPS) is 11.0. The van der Waals surface area contributed by atoms with Crippen LogP contribution in [-0.4, -0.2) is 25.3 Å². The minimum Gasteiger partial charge on any atom is -0.496 e. The molecule has 0 fully saturated rings. The molecule has 1 aromatic carbocycles. The molecule has 4 nitrogen and oxygen atoms in total. The average molecular weight is 328 g/mol. The minimum atomic E-state index is -0.568. The van der Waals surface area contributed by atoms with E-state index < -0.39 is 11.7 Å². The molecule has 1 aromatic rings. The Kier molecular flexibility index (Phi) is 5.11. The molecular weight excluding hydrogens is 310 g/mol. The van der Waals surface area contributed by atoms with Gasteiger partial charge in [0.1, 0.15) is 5.75 Å². The van der Waals surface area contributed by atoms with Crippen LogP contribution in [0.15, 0.2) is 22.7 Å². The van der Waals surface area contributed by atoms with Crippen LogP contribution in [0.5, 0.6) is 5.75 Å². The number of ether oxygens (including phenoxy) is 1. The third kappa shape index (κ3) is 4.06. The lowest BCUT2D eigenvalue weighted by Crippen LogP contribution is -2.39. The number of benzene rings is 1. The molecule has 104 valence electrons. The van der Waals surface area contributed by atoms with Crippen LogP contribution in [0, 0.1) is 0 Å². The molecular formula is C14H18BrNO3. The Balaban J connectivity index is 2.96. The molecule has 0 spiro atoms. The standard InChI is InChI=1S/C14H18BrNO3/c1-9(17)13(18)16-8-14(2,3)11-7-10(15)5-6-12(11)19-4/h5-7H,8H2,1-4H3,(H,16,18). The Morgan fingerprint density at radius 2 is 2.00 bits per heavy atom. The Morgan fingerprint density at radius 1 is 1.37 bits per heavy atom. The van der Waals surface area contributed by atoms with Crippen molar-refractivity contribution in [3.05, 3.63) is 28.2 Å². The number of carbonyl (C=O) groups is 2. The van der Waals surface area contributed by atoms with Gasteiger partial charge in [0, 0.05) is 28.9 Å². The molecule has 0 aliphatic carbocycles. The highest BCUT2D eigenvalue weighted by molar-refractivity contribution is 9.10. The molecule has 0 heterocycles. The summed E-state index contributed by atoms with van der Waals surface area (Å²) in [5, 5.41) is 2.63. The number of methoxy groups -OCH3 is 1.